The van der Waals surface area contributed by atoms with E-state index in [1.807, 2.05) is 0 Å². The van der Waals surface area contributed by atoms with Gasteiger partial charge in [0.2, 0.25) is 5.88 Å². The fourth-order valence-electron chi connectivity index (χ4n) is 3.07. The van der Waals surface area contributed by atoms with E-state index in [1.54, 1.807) is 55.0 Å². The molecule has 0 bridgehead atoms. The number of aromatic nitrogens is 1. The summed E-state index contributed by atoms with van der Waals surface area (Å²) < 4.78 is 11.4. The van der Waals surface area contributed by atoms with E-state index in [0.29, 0.717) is 28.5 Å². The summed E-state index contributed by atoms with van der Waals surface area (Å²) in [5.74, 6) is 1.18. The van der Waals surface area contributed by atoms with E-state index in [2.05, 4.69) is 23.2 Å². The maximum absolute atomic E-state index is 13.1. The lowest BCUT2D eigenvalue weighted by Crippen LogP contribution is -2.23. The van der Waals surface area contributed by atoms with Crippen molar-refractivity contribution in [3.8, 4) is 11.6 Å². The van der Waals surface area contributed by atoms with Gasteiger partial charge in [0.25, 0.3) is 5.91 Å². The van der Waals surface area contributed by atoms with Crippen molar-refractivity contribution >= 4 is 17.5 Å². The number of carbonyl (C=O) groups is 1. The molecule has 2 heterocycles. The van der Waals surface area contributed by atoms with Crippen molar-refractivity contribution in [3.05, 3.63) is 101 Å². The third-order valence-corrected chi connectivity index (χ3v) is 4.71. The highest BCUT2D eigenvalue weighted by molar-refractivity contribution is 6.30. The van der Waals surface area contributed by atoms with E-state index in [4.69, 9.17) is 21.1 Å². The number of allylic oxidation sites excluding steroid dienone is 4. The first-order valence-electron chi connectivity index (χ1n) is 9.29. The van der Waals surface area contributed by atoms with Crippen LogP contribution in [0.4, 0.5) is 0 Å². The lowest BCUT2D eigenvalue weighted by atomic mass is 10.0. The van der Waals surface area contributed by atoms with Crippen LogP contribution in [0.25, 0.3) is 0 Å². The van der Waals surface area contributed by atoms with Gasteiger partial charge in [-0.1, -0.05) is 41.5 Å². The Balaban J connectivity index is 1.54. The SMILES string of the molecule is O=C(c1cccnc1Oc1cccc(Cl)c1)N1C=COC(CC2=CC=CCC2)=C1. The minimum absolute atomic E-state index is 0.217. The summed E-state index contributed by atoms with van der Waals surface area (Å²) in [6, 6.07) is 10.3. The van der Waals surface area contributed by atoms with Gasteiger partial charge in [0, 0.05) is 23.8 Å². The van der Waals surface area contributed by atoms with Crippen LogP contribution >= 0.6 is 11.6 Å². The van der Waals surface area contributed by atoms with E-state index in [-0.39, 0.29) is 11.8 Å². The van der Waals surface area contributed by atoms with Gasteiger partial charge in [-0.3, -0.25) is 9.69 Å². The lowest BCUT2D eigenvalue weighted by Gasteiger charge is -2.21. The molecule has 1 aromatic carbocycles. The zero-order valence-electron chi connectivity index (χ0n) is 15.6. The number of rotatable bonds is 5. The van der Waals surface area contributed by atoms with Crippen LogP contribution in [0, 0.1) is 0 Å². The molecule has 0 atom stereocenters. The van der Waals surface area contributed by atoms with E-state index >= 15 is 0 Å². The summed E-state index contributed by atoms with van der Waals surface area (Å²) in [4.78, 5) is 18.8. The first kappa shape index (κ1) is 19.0. The van der Waals surface area contributed by atoms with Crippen LogP contribution in [-0.2, 0) is 4.74 Å². The van der Waals surface area contributed by atoms with Crippen molar-refractivity contribution in [3.63, 3.8) is 0 Å². The Kier molecular flexibility index (Phi) is 5.77. The van der Waals surface area contributed by atoms with E-state index in [1.165, 1.54) is 16.7 Å². The Morgan fingerprint density at radius 1 is 1.28 bits per heavy atom. The minimum atomic E-state index is -0.260. The predicted molar refractivity (Wildman–Crippen MR) is 111 cm³/mol. The van der Waals surface area contributed by atoms with Crippen molar-refractivity contribution in [1.82, 2.24) is 9.88 Å². The molecule has 0 spiro atoms. The predicted octanol–water partition coefficient (Wildman–Crippen LogP) is 5.98. The maximum atomic E-state index is 13.1. The van der Waals surface area contributed by atoms with Crippen LogP contribution < -0.4 is 4.74 Å². The molecule has 146 valence electrons. The number of benzene rings is 1. The summed E-state index contributed by atoms with van der Waals surface area (Å²) in [6.45, 7) is 0. The first-order valence-corrected chi connectivity index (χ1v) is 9.66. The number of carbonyl (C=O) groups excluding carboxylic acids is 1. The quantitative estimate of drug-likeness (QED) is 0.613. The fourth-order valence-corrected chi connectivity index (χ4v) is 3.25. The minimum Gasteiger partial charge on any atom is -0.466 e. The largest absolute Gasteiger partial charge is 0.466 e. The Morgan fingerprint density at radius 3 is 3.03 bits per heavy atom. The molecule has 1 aliphatic carbocycles. The molecule has 0 fully saturated rings. The number of hydrogen-bond acceptors (Lipinski definition) is 4. The highest BCUT2D eigenvalue weighted by Crippen LogP contribution is 2.28. The summed E-state index contributed by atoms with van der Waals surface area (Å²) in [5, 5.41) is 0.543. The van der Waals surface area contributed by atoms with Gasteiger partial charge in [-0.05, 0) is 43.2 Å². The van der Waals surface area contributed by atoms with Crippen LogP contribution in [0.5, 0.6) is 11.6 Å². The number of pyridine rings is 1. The van der Waals surface area contributed by atoms with E-state index in [9.17, 15) is 4.79 Å². The van der Waals surface area contributed by atoms with Gasteiger partial charge < -0.3 is 9.47 Å². The number of hydrogen-bond donors (Lipinski definition) is 0. The molecule has 2 aliphatic rings. The molecule has 1 aromatic heterocycles. The van der Waals surface area contributed by atoms with E-state index in [0.717, 1.165) is 12.8 Å². The van der Waals surface area contributed by atoms with Crippen molar-refractivity contribution < 1.29 is 14.3 Å². The van der Waals surface area contributed by atoms with Gasteiger partial charge >= 0.3 is 0 Å². The molecule has 0 saturated heterocycles. The number of nitrogens with zero attached hydrogens (tertiary/aromatic N) is 2. The Morgan fingerprint density at radius 2 is 2.21 bits per heavy atom. The number of ether oxygens (including phenoxy) is 2. The summed E-state index contributed by atoms with van der Waals surface area (Å²) in [5.41, 5.74) is 1.61. The monoisotopic (exact) mass is 406 g/mol. The zero-order chi connectivity index (χ0) is 20.1. The van der Waals surface area contributed by atoms with Gasteiger partial charge in [0.15, 0.2) is 0 Å². The summed E-state index contributed by atoms with van der Waals surface area (Å²) in [7, 11) is 0. The Bertz CT molecular complexity index is 1040. The Hall–Kier alpha value is -3.31. The smallest absolute Gasteiger partial charge is 0.267 e. The normalized spacial score (nSPS) is 15.4. The zero-order valence-corrected chi connectivity index (χ0v) is 16.4. The van der Waals surface area contributed by atoms with Crippen LogP contribution in [0.15, 0.2) is 90.8 Å². The summed E-state index contributed by atoms with van der Waals surface area (Å²) >= 11 is 6.02. The second kappa shape index (κ2) is 8.80. The van der Waals surface area contributed by atoms with Crippen molar-refractivity contribution in [1.29, 1.82) is 0 Å². The fraction of sp³-hybridized carbons (Fsp3) is 0.130. The molecule has 2 aromatic rings. The molecule has 29 heavy (non-hydrogen) atoms. The first-order chi connectivity index (χ1) is 14.2. The van der Waals surface area contributed by atoms with Gasteiger partial charge in [-0.25, -0.2) is 4.98 Å². The number of halogens is 1. The highest BCUT2D eigenvalue weighted by Gasteiger charge is 2.21. The average molecular weight is 407 g/mol. The van der Waals surface area contributed by atoms with Gasteiger partial charge in [0.05, 0.1) is 6.20 Å². The van der Waals surface area contributed by atoms with Crippen LogP contribution in [0.3, 0.4) is 0 Å². The van der Waals surface area contributed by atoms with Crippen LogP contribution in [0.2, 0.25) is 5.02 Å². The lowest BCUT2D eigenvalue weighted by molar-refractivity contribution is 0.0850. The van der Waals surface area contributed by atoms with E-state index < -0.39 is 0 Å². The molecule has 1 aliphatic heterocycles. The van der Waals surface area contributed by atoms with Crippen LogP contribution in [-0.4, -0.2) is 15.8 Å². The topological polar surface area (TPSA) is 51.7 Å². The van der Waals surface area contributed by atoms with Gasteiger partial charge in [-0.2, -0.15) is 0 Å². The standard InChI is InChI=1S/C23H19ClN2O3/c24-18-8-4-9-19(15-18)29-22-21(10-5-11-25-22)23(27)26-12-13-28-20(16-26)14-17-6-2-1-3-7-17/h1-2,4-6,8-13,15-16H,3,7,14H2. The molecule has 0 N–H and O–H groups in total. The highest BCUT2D eigenvalue weighted by atomic mass is 35.5. The molecule has 5 nitrogen and oxygen atoms in total. The van der Waals surface area contributed by atoms with Gasteiger partial charge in [0.1, 0.15) is 23.3 Å². The average Bonchev–Trinajstić information content (AvgIpc) is 2.75. The molecule has 4 rings (SSSR count). The second-order valence-electron chi connectivity index (χ2n) is 6.59. The molecular formula is C23H19ClN2O3. The van der Waals surface area contributed by atoms with Crippen molar-refractivity contribution in [2.45, 2.75) is 19.3 Å². The molecule has 1 amide bonds. The molecule has 0 unspecified atom stereocenters. The third kappa shape index (κ3) is 4.76. The van der Waals surface area contributed by atoms with Crippen molar-refractivity contribution in [2.75, 3.05) is 0 Å². The maximum Gasteiger partial charge on any atom is 0.267 e. The Labute approximate surface area is 174 Å². The van der Waals surface area contributed by atoms with Crippen molar-refractivity contribution in [2.24, 2.45) is 0 Å². The third-order valence-electron chi connectivity index (χ3n) is 4.47. The molecular weight excluding hydrogens is 388 g/mol. The molecule has 0 saturated carbocycles. The second-order valence-corrected chi connectivity index (χ2v) is 7.03. The van der Waals surface area contributed by atoms with Gasteiger partial charge in [-0.15, -0.1) is 0 Å². The molecule has 6 heteroatoms. The van der Waals surface area contributed by atoms with Crippen LogP contribution in [0.1, 0.15) is 29.6 Å². The molecule has 0 radical (unpaired) electrons. The summed E-state index contributed by atoms with van der Waals surface area (Å²) in [6.07, 6.45) is 15.3. The number of amides is 1.